The number of nitrogens with zero attached hydrogens (tertiary/aromatic N) is 3. The molecule has 6 heteroatoms. The molecule has 1 atom stereocenters. The van der Waals surface area contributed by atoms with Gasteiger partial charge < -0.3 is 14.2 Å². The van der Waals surface area contributed by atoms with Gasteiger partial charge in [0, 0.05) is 18.1 Å². The van der Waals surface area contributed by atoms with Crippen LogP contribution in [0.3, 0.4) is 0 Å². The van der Waals surface area contributed by atoms with Crippen LogP contribution >= 0.6 is 11.6 Å². The normalized spacial score (nSPS) is 12.2. The number of carbonyl (C=O) groups excluding carboxylic acids is 1. The second-order valence-corrected chi connectivity index (χ2v) is 8.00. The number of aromatic nitrogens is 2. The van der Waals surface area contributed by atoms with Crippen LogP contribution in [0.2, 0.25) is 5.02 Å². The van der Waals surface area contributed by atoms with Crippen molar-refractivity contribution in [2.75, 3.05) is 13.1 Å². The number of hydrogen-bond acceptors (Lipinski definition) is 3. The predicted molar refractivity (Wildman–Crippen MR) is 122 cm³/mol. The van der Waals surface area contributed by atoms with E-state index in [2.05, 4.69) is 13.8 Å². The van der Waals surface area contributed by atoms with Crippen molar-refractivity contribution in [3.05, 3.63) is 58.9 Å². The zero-order valence-corrected chi connectivity index (χ0v) is 18.9. The first-order chi connectivity index (χ1) is 14.4. The number of amides is 1. The zero-order chi connectivity index (χ0) is 21.7. The molecular formula is C24H30ClN3O2. The van der Waals surface area contributed by atoms with Gasteiger partial charge in [-0.1, -0.05) is 37.6 Å². The predicted octanol–water partition coefficient (Wildman–Crippen LogP) is 5.79. The Bertz CT molecular complexity index is 1010. The second kappa shape index (κ2) is 9.98. The number of aryl methyl sites for hydroxylation is 1. The Morgan fingerprint density at radius 1 is 1.17 bits per heavy atom. The van der Waals surface area contributed by atoms with Crippen LogP contribution in [0, 0.1) is 6.92 Å². The summed E-state index contributed by atoms with van der Waals surface area (Å²) in [5, 5.41) is 0.708. The van der Waals surface area contributed by atoms with Crippen LogP contribution in [-0.2, 0) is 11.3 Å². The average Bonchev–Trinajstić information content (AvgIpc) is 3.09. The second-order valence-electron chi connectivity index (χ2n) is 7.60. The van der Waals surface area contributed by atoms with Gasteiger partial charge in [0.1, 0.15) is 12.3 Å². The van der Waals surface area contributed by atoms with E-state index in [0.29, 0.717) is 5.02 Å². The molecule has 0 aliphatic carbocycles. The van der Waals surface area contributed by atoms with Gasteiger partial charge in [-0.25, -0.2) is 4.98 Å². The van der Waals surface area contributed by atoms with Crippen LogP contribution in [0.15, 0.2) is 42.5 Å². The van der Waals surface area contributed by atoms with Gasteiger partial charge in [0.2, 0.25) is 5.91 Å². The Hall–Kier alpha value is -2.53. The summed E-state index contributed by atoms with van der Waals surface area (Å²) in [4.78, 5) is 19.8. The fourth-order valence-electron chi connectivity index (χ4n) is 3.65. The lowest BCUT2D eigenvalue weighted by molar-refractivity contribution is -0.131. The molecule has 30 heavy (non-hydrogen) atoms. The minimum absolute atomic E-state index is 0.109. The van der Waals surface area contributed by atoms with Crippen molar-refractivity contribution < 1.29 is 9.53 Å². The third-order valence-corrected chi connectivity index (χ3v) is 5.55. The number of halogens is 1. The molecule has 0 saturated heterocycles. The van der Waals surface area contributed by atoms with Crippen LogP contribution in [0.1, 0.15) is 51.1 Å². The zero-order valence-electron chi connectivity index (χ0n) is 18.2. The molecule has 1 amide bonds. The number of fused-ring (bicyclic) bond motifs is 1. The number of benzene rings is 2. The van der Waals surface area contributed by atoms with Crippen molar-refractivity contribution in [2.24, 2.45) is 0 Å². The molecule has 0 aliphatic rings. The molecule has 0 N–H and O–H groups in total. The van der Waals surface area contributed by atoms with Crippen LogP contribution in [-0.4, -0.2) is 33.4 Å². The van der Waals surface area contributed by atoms with Crippen molar-refractivity contribution in [3.8, 4) is 5.75 Å². The third kappa shape index (κ3) is 4.96. The largest absolute Gasteiger partial charge is 0.483 e. The number of para-hydroxylation sites is 2. The molecule has 1 unspecified atom stereocenters. The highest BCUT2D eigenvalue weighted by Gasteiger charge is 2.22. The molecule has 0 fully saturated rings. The standard InChI is InChI=1S/C24H30ClN3O2/c1-5-13-27(14-6-2)23(29)16-28-22-10-8-7-9-21(22)26-24(28)18(4)30-19-11-12-20(25)17(3)15-19/h7-12,15,18H,5-6,13-14,16H2,1-4H3. The summed E-state index contributed by atoms with van der Waals surface area (Å²) in [6.45, 7) is 9.89. The first-order valence-electron chi connectivity index (χ1n) is 10.6. The fraction of sp³-hybridized carbons (Fsp3) is 0.417. The van der Waals surface area contributed by atoms with Gasteiger partial charge in [-0.15, -0.1) is 0 Å². The van der Waals surface area contributed by atoms with Crippen molar-refractivity contribution in [1.29, 1.82) is 0 Å². The Balaban J connectivity index is 1.92. The van der Waals surface area contributed by atoms with E-state index < -0.39 is 0 Å². The Morgan fingerprint density at radius 2 is 1.87 bits per heavy atom. The molecule has 1 aromatic heterocycles. The lowest BCUT2D eigenvalue weighted by atomic mass is 10.2. The van der Waals surface area contributed by atoms with E-state index in [1.54, 1.807) is 0 Å². The smallest absolute Gasteiger partial charge is 0.242 e. The molecule has 160 valence electrons. The van der Waals surface area contributed by atoms with Gasteiger partial charge >= 0.3 is 0 Å². The van der Waals surface area contributed by atoms with Crippen LogP contribution < -0.4 is 4.74 Å². The molecule has 5 nitrogen and oxygen atoms in total. The fourth-order valence-corrected chi connectivity index (χ4v) is 3.77. The molecule has 3 rings (SSSR count). The number of hydrogen-bond donors (Lipinski definition) is 0. The topological polar surface area (TPSA) is 47.4 Å². The van der Waals surface area contributed by atoms with Gasteiger partial charge in [-0.05, 0) is 62.6 Å². The lowest BCUT2D eigenvalue weighted by Crippen LogP contribution is -2.35. The van der Waals surface area contributed by atoms with E-state index in [1.165, 1.54) is 0 Å². The number of rotatable bonds is 9. The van der Waals surface area contributed by atoms with E-state index in [1.807, 2.05) is 65.8 Å². The highest BCUT2D eigenvalue weighted by molar-refractivity contribution is 6.31. The van der Waals surface area contributed by atoms with Gasteiger partial charge in [0.25, 0.3) is 0 Å². The van der Waals surface area contributed by atoms with E-state index in [0.717, 1.165) is 54.1 Å². The van der Waals surface area contributed by atoms with Crippen LogP contribution in [0.5, 0.6) is 5.75 Å². The minimum Gasteiger partial charge on any atom is -0.483 e. The van der Waals surface area contributed by atoms with E-state index in [9.17, 15) is 4.79 Å². The van der Waals surface area contributed by atoms with Crippen molar-refractivity contribution in [3.63, 3.8) is 0 Å². The molecule has 0 bridgehead atoms. The van der Waals surface area contributed by atoms with Crippen LogP contribution in [0.4, 0.5) is 0 Å². The van der Waals surface area contributed by atoms with Gasteiger partial charge in [0.05, 0.1) is 11.0 Å². The average molecular weight is 428 g/mol. The molecular weight excluding hydrogens is 398 g/mol. The molecule has 2 aromatic carbocycles. The monoisotopic (exact) mass is 427 g/mol. The molecule has 0 radical (unpaired) electrons. The number of ether oxygens (including phenoxy) is 1. The van der Waals surface area contributed by atoms with Gasteiger partial charge in [-0.2, -0.15) is 0 Å². The molecule has 3 aromatic rings. The van der Waals surface area contributed by atoms with Crippen molar-refractivity contribution in [1.82, 2.24) is 14.5 Å². The minimum atomic E-state index is -0.323. The molecule has 0 saturated carbocycles. The van der Waals surface area contributed by atoms with Crippen molar-refractivity contribution in [2.45, 2.75) is 53.2 Å². The molecule has 0 spiro atoms. The Morgan fingerprint density at radius 3 is 2.53 bits per heavy atom. The summed E-state index contributed by atoms with van der Waals surface area (Å²) in [6.07, 6.45) is 1.56. The highest BCUT2D eigenvalue weighted by atomic mass is 35.5. The summed E-state index contributed by atoms with van der Waals surface area (Å²) in [5.74, 6) is 1.58. The summed E-state index contributed by atoms with van der Waals surface area (Å²) in [6, 6.07) is 13.5. The first kappa shape index (κ1) is 22.2. The molecule has 0 aliphatic heterocycles. The lowest BCUT2D eigenvalue weighted by Gasteiger charge is -2.23. The Labute approximate surface area is 183 Å². The SMILES string of the molecule is CCCN(CCC)C(=O)Cn1c(C(C)Oc2ccc(Cl)c(C)c2)nc2ccccc21. The van der Waals surface area contributed by atoms with E-state index >= 15 is 0 Å². The van der Waals surface area contributed by atoms with E-state index in [-0.39, 0.29) is 18.6 Å². The number of carbonyl (C=O) groups is 1. The maximum absolute atomic E-state index is 13.1. The third-order valence-electron chi connectivity index (χ3n) is 5.12. The maximum atomic E-state index is 13.1. The summed E-state index contributed by atoms with van der Waals surface area (Å²) in [7, 11) is 0. The Kier molecular flexibility index (Phi) is 7.38. The van der Waals surface area contributed by atoms with Crippen molar-refractivity contribution >= 4 is 28.5 Å². The van der Waals surface area contributed by atoms with Gasteiger partial charge in [0.15, 0.2) is 11.9 Å². The van der Waals surface area contributed by atoms with E-state index in [4.69, 9.17) is 21.3 Å². The summed E-state index contributed by atoms with van der Waals surface area (Å²) in [5.41, 5.74) is 2.76. The molecule has 1 heterocycles. The van der Waals surface area contributed by atoms with Crippen LogP contribution in [0.25, 0.3) is 11.0 Å². The number of imidazole rings is 1. The summed E-state index contributed by atoms with van der Waals surface area (Å²) >= 11 is 6.14. The highest BCUT2D eigenvalue weighted by Crippen LogP contribution is 2.28. The summed E-state index contributed by atoms with van der Waals surface area (Å²) < 4.78 is 8.17. The quantitative estimate of drug-likeness (QED) is 0.434. The van der Waals surface area contributed by atoms with Gasteiger partial charge in [-0.3, -0.25) is 4.79 Å². The first-order valence-corrected chi connectivity index (χ1v) is 11.0. The maximum Gasteiger partial charge on any atom is 0.242 e.